The molecule has 2 heterocycles. The summed E-state index contributed by atoms with van der Waals surface area (Å²) in [5, 5.41) is 2.96. The number of benzene rings is 1. The summed E-state index contributed by atoms with van der Waals surface area (Å²) < 4.78 is 5.98. The number of anilines is 1. The average Bonchev–Trinajstić information content (AvgIpc) is 2.67. The van der Waals surface area contributed by atoms with Crippen LogP contribution < -0.4 is 15.8 Å². The summed E-state index contributed by atoms with van der Waals surface area (Å²) in [5.41, 5.74) is 10.2. The minimum atomic E-state index is 0. The lowest BCUT2D eigenvalue weighted by Gasteiger charge is -2.21. The molecule has 2 atom stereocenters. The van der Waals surface area contributed by atoms with Crippen LogP contribution in [0.25, 0.3) is 0 Å². The number of carbonyl (C=O) groups excluding carboxylic acids is 1. The van der Waals surface area contributed by atoms with Crippen molar-refractivity contribution >= 4 is 24.0 Å². The lowest BCUT2D eigenvalue weighted by atomic mass is 9.90. The zero-order chi connectivity index (χ0) is 12.9. The van der Waals surface area contributed by atoms with Crippen molar-refractivity contribution in [3.63, 3.8) is 0 Å². The number of halogens is 1. The van der Waals surface area contributed by atoms with Crippen molar-refractivity contribution in [1.82, 2.24) is 0 Å². The Morgan fingerprint density at radius 2 is 2.21 bits per heavy atom. The van der Waals surface area contributed by atoms with Gasteiger partial charge in [0, 0.05) is 30.0 Å². The second kappa shape index (κ2) is 5.02. The van der Waals surface area contributed by atoms with Crippen LogP contribution in [0.5, 0.6) is 5.75 Å². The summed E-state index contributed by atoms with van der Waals surface area (Å²) in [6.07, 6.45) is 1.35. The SMILES string of the molecule is Cc1cc2c(c3c1NC(=O)CC3)O[C@@H](CN)[C@@H]2C.Cl. The number of amides is 1. The summed E-state index contributed by atoms with van der Waals surface area (Å²) in [4.78, 5) is 11.5. The van der Waals surface area contributed by atoms with Gasteiger partial charge in [-0.1, -0.05) is 6.92 Å². The van der Waals surface area contributed by atoms with Gasteiger partial charge in [0.15, 0.2) is 0 Å². The van der Waals surface area contributed by atoms with Crippen molar-refractivity contribution in [3.8, 4) is 5.75 Å². The van der Waals surface area contributed by atoms with E-state index in [0.29, 0.717) is 18.9 Å². The molecule has 19 heavy (non-hydrogen) atoms. The zero-order valence-electron chi connectivity index (χ0n) is 11.2. The molecule has 1 aromatic carbocycles. The number of hydrogen-bond donors (Lipinski definition) is 2. The topological polar surface area (TPSA) is 64.3 Å². The van der Waals surface area contributed by atoms with Crippen molar-refractivity contribution in [3.05, 3.63) is 22.8 Å². The first-order valence-electron chi connectivity index (χ1n) is 6.44. The molecule has 0 radical (unpaired) electrons. The predicted molar refractivity (Wildman–Crippen MR) is 77.3 cm³/mol. The van der Waals surface area contributed by atoms with Gasteiger partial charge < -0.3 is 15.8 Å². The largest absolute Gasteiger partial charge is 0.488 e. The van der Waals surface area contributed by atoms with Crippen molar-refractivity contribution in [2.75, 3.05) is 11.9 Å². The number of hydrogen-bond acceptors (Lipinski definition) is 3. The first-order valence-corrected chi connectivity index (χ1v) is 6.44. The number of ether oxygens (including phenoxy) is 1. The van der Waals surface area contributed by atoms with E-state index in [0.717, 1.165) is 29.0 Å². The summed E-state index contributed by atoms with van der Waals surface area (Å²) in [5.74, 6) is 1.37. The Balaban J connectivity index is 0.00000133. The lowest BCUT2D eigenvalue weighted by Crippen LogP contribution is -2.27. The standard InChI is InChI=1S/C14H18N2O2.ClH/c1-7-5-10-8(2)11(6-15)18-14(10)9-3-4-12(17)16-13(7)9;/h5,8,11H,3-4,6,15H2,1-2H3,(H,16,17);1H/t8-,11+;/m1./s1. The van der Waals surface area contributed by atoms with Crippen LogP contribution >= 0.6 is 12.4 Å². The Labute approximate surface area is 119 Å². The van der Waals surface area contributed by atoms with E-state index in [1.807, 2.05) is 6.92 Å². The van der Waals surface area contributed by atoms with Crippen molar-refractivity contribution in [2.24, 2.45) is 5.73 Å². The van der Waals surface area contributed by atoms with Gasteiger partial charge >= 0.3 is 0 Å². The van der Waals surface area contributed by atoms with E-state index in [-0.39, 0.29) is 24.4 Å². The van der Waals surface area contributed by atoms with Crippen LogP contribution in [0, 0.1) is 6.92 Å². The molecular formula is C14H19ClN2O2. The molecule has 0 spiro atoms. The smallest absolute Gasteiger partial charge is 0.224 e. The number of nitrogens with two attached hydrogens (primary N) is 1. The molecule has 0 unspecified atom stereocenters. The molecule has 0 aliphatic carbocycles. The molecule has 0 aromatic heterocycles. The number of nitrogens with one attached hydrogen (secondary N) is 1. The molecule has 0 fully saturated rings. The minimum absolute atomic E-state index is 0. The monoisotopic (exact) mass is 282 g/mol. The predicted octanol–water partition coefficient (Wildman–Crippen LogP) is 2.12. The van der Waals surface area contributed by atoms with E-state index in [1.54, 1.807) is 0 Å². The van der Waals surface area contributed by atoms with Gasteiger partial charge in [0.1, 0.15) is 11.9 Å². The van der Waals surface area contributed by atoms with Gasteiger partial charge in [0.25, 0.3) is 0 Å². The Morgan fingerprint density at radius 1 is 1.47 bits per heavy atom. The molecule has 3 rings (SSSR count). The fourth-order valence-corrected chi connectivity index (χ4v) is 2.93. The summed E-state index contributed by atoms with van der Waals surface area (Å²) in [7, 11) is 0. The van der Waals surface area contributed by atoms with Gasteiger partial charge in [-0.2, -0.15) is 0 Å². The maximum atomic E-state index is 11.5. The van der Waals surface area contributed by atoms with Gasteiger partial charge in [-0.05, 0) is 25.0 Å². The second-order valence-electron chi connectivity index (χ2n) is 5.19. The zero-order valence-corrected chi connectivity index (χ0v) is 12.0. The van der Waals surface area contributed by atoms with Crippen LogP contribution in [-0.2, 0) is 11.2 Å². The fourth-order valence-electron chi connectivity index (χ4n) is 2.93. The van der Waals surface area contributed by atoms with E-state index in [1.165, 1.54) is 5.56 Å². The highest BCUT2D eigenvalue weighted by molar-refractivity contribution is 5.95. The first-order chi connectivity index (χ1) is 8.61. The highest BCUT2D eigenvalue weighted by Crippen LogP contribution is 2.46. The molecule has 2 aliphatic heterocycles. The highest BCUT2D eigenvalue weighted by Gasteiger charge is 2.34. The van der Waals surface area contributed by atoms with Gasteiger partial charge in [-0.25, -0.2) is 0 Å². The molecule has 1 amide bonds. The normalized spacial score (nSPS) is 23.8. The summed E-state index contributed by atoms with van der Waals surface area (Å²) >= 11 is 0. The van der Waals surface area contributed by atoms with E-state index < -0.39 is 0 Å². The minimum Gasteiger partial charge on any atom is -0.488 e. The molecule has 4 nitrogen and oxygen atoms in total. The Kier molecular flexibility index (Phi) is 3.74. The van der Waals surface area contributed by atoms with Crippen LogP contribution in [0.1, 0.15) is 36.0 Å². The van der Waals surface area contributed by atoms with Crippen molar-refractivity contribution < 1.29 is 9.53 Å². The number of carbonyl (C=O) groups is 1. The third-order valence-electron chi connectivity index (χ3n) is 4.02. The molecule has 0 bridgehead atoms. The van der Waals surface area contributed by atoms with Crippen LogP contribution in [0.15, 0.2) is 6.07 Å². The molecule has 104 valence electrons. The molecule has 0 saturated heterocycles. The van der Waals surface area contributed by atoms with Crippen LogP contribution in [-0.4, -0.2) is 18.6 Å². The summed E-state index contributed by atoms with van der Waals surface area (Å²) in [6.45, 7) is 4.71. The van der Waals surface area contributed by atoms with Gasteiger partial charge in [-0.15, -0.1) is 12.4 Å². The number of fused-ring (bicyclic) bond motifs is 3. The Morgan fingerprint density at radius 3 is 2.89 bits per heavy atom. The highest BCUT2D eigenvalue weighted by atomic mass is 35.5. The van der Waals surface area contributed by atoms with Crippen molar-refractivity contribution in [1.29, 1.82) is 0 Å². The lowest BCUT2D eigenvalue weighted by molar-refractivity contribution is -0.116. The summed E-state index contributed by atoms with van der Waals surface area (Å²) in [6, 6.07) is 2.13. The van der Waals surface area contributed by atoms with E-state index in [4.69, 9.17) is 10.5 Å². The Bertz CT molecular complexity index is 531. The van der Waals surface area contributed by atoms with Gasteiger partial charge in [0.2, 0.25) is 5.91 Å². The number of aryl methyl sites for hydroxylation is 1. The molecule has 2 aliphatic rings. The molecule has 3 N–H and O–H groups in total. The Hall–Kier alpha value is -1.26. The quantitative estimate of drug-likeness (QED) is 0.829. The van der Waals surface area contributed by atoms with Crippen LogP contribution in [0.4, 0.5) is 5.69 Å². The first kappa shape index (κ1) is 14.2. The average molecular weight is 283 g/mol. The third-order valence-corrected chi connectivity index (χ3v) is 4.02. The fraction of sp³-hybridized carbons (Fsp3) is 0.500. The maximum Gasteiger partial charge on any atom is 0.224 e. The van der Waals surface area contributed by atoms with Crippen LogP contribution in [0.2, 0.25) is 0 Å². The molecule has 1 aromatic rings. The van der Waals surface area contributed by atoms with E-state index in [9.17, 15) is 4.79 Å². The van der Waals surface area contributed by atoms with E-state index >= 15 is 0 Å². The molecule has 5 heteroatoms. The maximum absolute atomic E-state index is 11.5. The molecule has 0 saturated carbocycles. The van der Waals surface area contributed by atoms with E-state index in [2.05, 4.69) is 18.3 Å². The molecular weight excluding hydrogens is 264 g/mol. The van der Waals surface area contributed by atoms with Crippen LogP contribution in [0.3, 0.4) is 0 Å². The third kappa shape index (κ3) is 2.09. The van der Waals surface area contributed by atoms with Gasteiger partial charge in [0.05, 0.1) is 5.69 Å². The van der Waals surface area contributed by atoms with Gasteiger partial charge in [-0.3, -0.25) is 4.79 Å². The van der Waals surface area contributed by atoms with Crippen molar-refractivity contribution in [2.45, 2.75) is 38.7 Å². The second-order valence-corrected chi connectivity index (χ2v) is 5.19. The number of rotatable bonds is 1.